The molecule has 1 rings (SSSR count). The quantitative estimate of drug-likeness (QED) is 0.677. The molecule has 0 saturated heterocycles. The number of carbonyl (C=O) groups excluding carboxylic acids is 1. The van der Waals surface area contributed by atoms with Crippen LogP contribution in [-0.2, 0) is 9.47 Å². The molecule has 0 aliphatic heterocycles. The molecular weight excluding hydrogens is 268 g/mol. The van der Waals surface area contributed by atoms with Crippen molar-refractivity contribution in [3.8, 4) is 0 Å². The molecule has 0 bridgehead atoms. The molecule has 124 valence electrons. The molecule has 2 unspecified atom stereocenters. The minimum absolute atomic E-state index is 0.312. The predicted octanol–water partition coefficient (Wildman–Crippen LogP) is 2.70. The summed E-state index contributed by atoms with van der Waals surface area (Å²) in [6, 6.07) is 0.516. The van der Waals surface area contributed by atoms with Crippen molar-refractivity contribution in [3.05, 3.63) is 0 Å². The van der Waals surface area contributed by atoms with Gasteiger partial charge in [-0.3, -0.25) is 0 Å². The van der Waals surface area contributed by atoms with Crippen molar-refractivity contribution in [2.45, 2.75) is 64.5 Å². The molecule has 0 aromatic heterocycles. The lowest BCUT2D eigenvalue weighted by Crippen LogP contribution is -2.41. The van der Waals surface area contributed by atoms with E-state index in [1.165, 1.54) is 19.3 Å². The summed E-state index contributed by atoms with van der Waals surface area (Å²) in [5.74, 6) is 0.514. The van der Waals surface area contributed by atoms with Crippen LogP contribution in [0.5, 0.6) is 0 Å². The molecule has 5 heteroatoms. The van der Waals surface area contributed by atoms with Gasteiger partial charge in [-0.25, -0.2) is 4.79 Å². The van der Waals surface area contributed by atoms with E-state index in [9.17, 15) is 4.79 Å². The van der Waals surface area contributed by atoms with Crippen LogP contribution in [0.2, 0.25) is 0 Å². The summed E-state index contributed by atoms with van der Waals surface area (Å²) < 4.78 is 10.3. The van der Waals surface area contributed by atoms with Crippen LogP contribution in [0.25, 0.3) is 0 Å². The molecule has 0 spiro atoms. The Labute approximate surface area is 129 Å². The van der Waals surface area contributed by atoms with Crippen LogP contribution >= 0.6 is 0 Å². The normalized spacial score (nSPS) is 22.3. The number of amides is 1. The lowest BCUT2D eigenvalue weighted by atomic mass is 10.0. The van der Waals surface area contributed by atoms with Crippen molar-refractivity contribution in [2.24, 2.45) is 5.92 Å². The Kier molecular flexibility index (Phi) is 8.04. The van der Waals surface area contributed by atoms with E-state index in [-0.39, 0.29) is 6.09 Å². The molecule has 1 fully saturated rings. The van der Waals surface area contributed by atoms with Crippen molar-refractivity contribution < 1.29 is 14.3 Å². The highest BCUT2D eigenvalue weighted by Crippen LogP contribution is 2.25. The fourth-order valence-electron chi connectivity index (χ4n) is 2.74. The van der Waals surface area contributed by atoms with Crippen LogP contribution in [0.3, 0.4) is 0 Å². The highest BCUT2D eigenvalue weighted by atomic mass is 16.6. The number of carbonyl (C=O) groups is 1. The van der Waals surface area contributed by atoms with Crippen LogP contribution in [0.15, 0.2) is 0 Å². The number of hydrogen-bond donors (Lipinski definition) is 2. The van der Waals surface area contributed by atoms with Crippen LogP contribution in [0.4, 0.5) is 4.79 Å². The summed E-state index contributed by atoms with van der Waals surface area (Å²) in [4.78, 5) is 11.7. The maximum Gasteiger partial charge on any atom is 0.407 e. The summed E-state index contributed by atoms with van der Waals surface area (Å²) in [6.45, 7) is 8.20. The first-order valence-electron chi connectivity index (χ1n) is 8.11. The van der Waals surface area contributed by atoms with E-state index in [1.54, 1.807) is 7.11 Å². The Balaban J connectivity index is 2.19. The fourth-order valence-corrected chi connectivity index (χ4v) is 2.74. The number of rotatable bonds is 8. The van der Waals surface area contributed by atoms with Gasteiger partial charge in [-0.05, 0) is 58.9 Å². The van der Waals surface area contributed by atoms with Gasteiger partial charge in [-0.15, -0.1) is 0 Å². The first-order chi connectivity index (χ1) is 9.92. The molecule has 1 amide bonds. The summed E-state index contributed by atoms with van der Waals surface area (Å²) >= 11 is 0. The Hall–Kier alpha value is -0.810. The highest BCUT2D eigenvalue weighted by Gasteiger charge is 2.27. The maximum atomic E-state index is 11.7. The molecule has 2 N–H and O–H groups in total. The number of hydrogen-bond acceptors (Lipinski definition) is 4. The van der Waals surface area contributed by atoms with E-state index in [2.05, 4.69) is 10.6 Å². The van der Waals surface area contributed by atoms with E-state index < -0.39 is 5.60 Å². The molecule has 0 aromatic rings. The molecule has 21 heavy (non-hydrogen) atoms. The first kappa shape index (κ1) is 18.2. The molecule has 0 aromatic carbocycles. The minimum atomic E-state index is -0.432. The van der Waals surface area contributed by atoms with Gasteiger partial charge in [0.2, 0.25) is 0 Å². The van der Waals surface area contributed by atoms with Gasteiger partial charge >= 0.3 is 6.09 Å². The molecule has 1 aliphatic carbocycles. The van der Waals surface area contributed by atoms with Gasteiger partial charge in [0.15, 0.2) is 0 Å². The van der Waals surface area contributed by atoms with Crippen LogP contribution < -0.4 is 10.6 Å². The third kappa shape index (κ3) is 8.27. The number of alkyl carbamates (subject to hydrolysis) is 1. The first-order valence-corrected chi connectivity index (χ1v) is 8.11. The van der Waals surface area contributed by atoms with Crippen molar-refractivity contribution in [3.63, 3.8) is 0 Å². The topological polar surface area (TPSA) is 59.6 Å². The van der Waals surface area contributed by atoms with E-state index in [1.807, 2.05) is 20.8 Å². The number of nitrogens with one attached hydrogen (secondary N) is 2. The van der Waals surface area contributed by atoms with E-state index in [0.29, 0.717) is 18.5 Å². The molecule has 5 nitrogen and oxygen atoms in total. The number of unbranched alkanes of at least 4 members (excludes halogenated alkanes) is 1. The smallest absolute Gasteiger partial charge is 0.407 e. The summed E-state index contributed by atoms with van der Waals surface area (Å²) in [6.07, 6.45) is 5.52. The van der Waals surface area contributed by atoms with Gasteiger partial charge < -0.3 is 20.1 Å². The number of methoxy groups -OCH3 is 1. The largest absolute Gasteiger partial charge is 0.444 e. The van der Waals surface area contributed by atoms with E-state index >= 15 is 0 Å². The lowest BCUT2D eigenvalue weighted by molar-refractivity contribution is 0.0517. The zero-order valence-corrected chi connectivity index (χ0v) is 14.0. The monoisotopic (exact) mass is 300 g/mol. The summed E-state index contributed by atoms with van der Waals surface area (Å²) in [5.41, 5.74) is -0.432. The van der Waals surface area contributed by atoms with Crippen LogP contribution in [0, 0.1) is 5.92 Å². The second-order valence-electron chi connectivity index (χ2n) is 6.83. The van der Waals surface area contributed by atoms with Gasteiger partial charge in [-0.2, -0.15) is 0 Å². The van der Waals surface area contributed by atoms with Gasteiger partial charge in [-0.1, -0.05) is 6.42 Å². The Morgan fingerprint density at radius 3 is 2.67 bits per heavy atom. The molecule has 1 aliphatic rings. The van der Waals surface area contributed by atoms with Crippen molar-refractivity contribution in [1.82, 2.24) is 10.6 Å². The SMILES string of the molecule is COCCCCNC1CCCC1CNC(=O)OC(C)(C)C. The summed E-state index contributed by atoms with van der Waals surface area (Å²) in [5, 5.41) is 6.52. The zero-order valence-electron chi connectivity index (χ0n) is 14.0. The minimum Gasteiger partial charge on any atom is -0.444 e. The standard InChI is InChI=1S/C16H32N2O3/c1-16(2,3)21-15(19)18-12-13-8-7-9-14(13)17-10-5-6-11-20-4/h13-14,17H,5-12H2,1-4H3,(H,18,19). The van der Waals surface area contributed by atoms with Gasteiger partial charge in [0.05, 0.1) is 0 Å². The highest BCUT2D eigenvalue weighted by molar-refractivity contribution is 5.67. The fraction of sp³-hybridized carbons (Fsp3) is 0.938. The van der Waals surface area contributed by atoms with Gasteiger partial charge in [0.1, 0.15) is 5.60 Å². The van der Waals surface area contributed by atoms with Crippen LogP contribution in [-0.4, -0.2) is 44.5 Å². The average molecular weight is 300 g/mol. The van der Waals surface area contributed by atoms with Gasteiger partial charge in [0, 0.05) is 26.3 Å². The third-order valence-electron chi connectivity index (χ3n) is 3.75. The van der Waals surface area contributed by atoms with Crippen molar-refractivity contribution in [1.29, 1.82) is 0 Å². The van der Waals surface area contributed by atoms with Crippen molar-refractivity contribution >= 4 is 6.09 Å². The maximum absolute atomic E-state index is 11.7. The van der Waals surface area contributed by atoms with E-state index in [4.69, 9.17) is 9.47 Å². The lowest BCUT2D eigenvalue weighted by Gasteiger charge is -2.23. The Morgan fingerprint density at radius 1 is 1.24 bits per heavy atom. The molecule has 0 heterocycles. The number of ether oxygens (including phenoxy) is 2. The molecule has 2 atom stereocenters. The van der Waals surface area contributed by atoms with E-state index in [0.717, 1.165) is 26.0 Å². The summed E-state index contributed by atoms with van der Waals surface area (Å²) in [7, 11) is 1.74. The molecule has 0 radical (unpaired) electrons. The average Bonchev–Trinajstić information content (AvgIpc) is 2.81. The van der Waals surface area contributed by atoms with Gasteiger partial charge in [0.25, 0.3) is 0 Å². The Bertz CT molecular complexity index is 302. The van der Waals surface area contributed by atoms with Crippen LogP contribution in [0.1, 0.15) is 52.9 Å². The third-order valence-corrected chi connectivity index (χ3v) is 3.75. The van der Waals surface area contributed by atoms with Crippen molar-refractivity contribution in [2.75, 3.05) is 26.8 Å². The Morgan fingerprint density at radius 2 is 2.00 bits per heavy atom. The second-order valence-corrected chi connectivity index (χ2v) is 6.83. The second kappa shape index (κ2) is 9.26. The molecular formula is C16H32N2O3. The zero-order chi connectivity index (χ0) is 15.7. The molecule has 1 saturated carbocycles. The predicted molar refractivity (Wildman–Crippen MR) is 84.5 cm³/mol.